The molecule has 2 aromatic rings. The van der Waals surface area contributed by atoms with Gasteiger partial charge in [-0.05, 0) is 18.6 Å². The maximum atomic E-state index is 5.41. The summed E-state index contributed by atoms with van der Waals surface area (Å²) in [5.74, 6) is 0.830. The van der Waals surface area contributed by atoms with E-state index in [2.05, 4.69) is 21.9 Å². The molecule has 0 saturated carbocycles. The largest absolute Gasteiger partial charge is 0.494 e. The van der Waals surface area contributed by atoms with Crippen LogP contribution in [0.3, 0.4) is 0 Å². The fourth-order valence-corrected chi connectivity index (χ4v) is 2.50. The average Bonchev–Trinajstić information content (AvgIpc) is 3.18. The van der Waals surface area contributed by atoms with E-state index in [1.807, 2.05) is 30.6 Å². The molecule has 0 radical (unpaired) electrons. The lowest BCUT2D eigenvalue weighted by molar-refractivity contribution is 0.415. The molecule has 0 bridgehead atoms. The quantitative estimate of drug-likeness (QED) is 0.481. The molecule has 0 spiro atoms. The van der Waals surface area contributed by atoms with Crippen LogP contribution in [-0.4, -0.2) is 29.8 Å². The van der Waals surface area contributed by atoms with Crippen LogP contribution in [0.5, 0.6) is 5.75 Å². The molecule has 2 heterocycles. The van der Waals surface area contributed by atoms with Crippen LogP contribution in [0.15, 0.2) is 29.4 Å². The van der Waals surface area contributed by atoms with Crippen LogP contribution in [0.2, 0.25) is 0 Å². The number of nitrogens with zero attached hydrogens (tertiary/aromatic N) is 1. The van der Waals surface area contributed by atoms with Crippen molar-refractivity contribution in [1.29, 1.82) is 0 Å². The lowest BCUT2D eigenvalue weighted by Crippen LogP contribution is -1.90. The van der Waals surface area contributed by atoms with Gasteiger partial charge in [-0.25, -0.2) is 0 Å². The van der Waals surface area contributed by atoms with E-state index in [0.29, 0.717) is 0 Å². The van der Waals surface area contributed by atoms with E-state index in [-0.39, 0.29) is 0 Å². The normalized spacial score (nSPS) is 11.4. The third-order valence-electron chi connectivity index (χ3n) is 3.78. The Bertz CT molecular complexity index is 555. The summed E-state index contributed by atoms with van der Waals surface area (Å²) in [4.78, 5) is 11.1. The molecular weight excluding hydrogens is 274 g/mol. The molecule has 0 atom stereocenters. The molecule has 0 aliphatic heterocycles. The Labute approximate surface area is 133 Å². The van der Waals surface area contributed by atoms with Gasteiger partial charge in [-0.1, -0.05) is 39.0 Å². The summed E-state index contributed by atoms with van der Waals surface area (Å²) >= 11 is 0. The van der Waals surface area contributed by atoms with E-state index in [9.17, 15) is 0 Å². The standard InChI is InChI=1S/C18H27N3O/c1-3-4-5-6-7-8-11-19-14-17-18(22-2)13-16(21-17)15-10-9-12-20-15/h9-10,12-14,20-21H,3-8,11H2,1-2H3. The van der Waals surface area contributed by atoms with Gasteiger partial charge in [-0.3, -0.25) is 4.99 Å². The van der Waals surface area contributed by atoms with Gasteiger partial charge in [-0.15, -0.1) is 0 Å². The van der Waals surface area contributed by atoms with Crippen LogP contribution in [0, 0.1) is 0 Å². The number of aromatic amines is 2. The Morgan fingerprint density at radius 3 is 2.68 bits per heavy atom. The topological polar surface area (TPSA) is 53.2 Å². The van der Waals surface area contributed by atoms with Crippen molar-refractivity contribution in [2.75, 3.05) is 13.7 Å². The Balaban J connectivity index is 1.83. The first kappa shape index (κ1) is 16.4. The highest BCUT2D eigenvalue weighted by atomic mass is 16.5. The molecule has 2 N–H and O–H groups in total. The molecule has 0 fully saturated rings. The summed E-state index contributed by atoms with van der Waals surface area (Å²) < 4.78 is 5.41. The van der Waals surface area contributed by atoms with E-state index < -0.39 is 0 Å². The molecule has 2 rings (SSSR count). The number of ether oxygens (including phenoxy) is 1. The first-order valence-electron chi connectivity index (χ1n) is 8.25. The Hall–Kier alpha value is -1.97. The highest BCUT2D eigenvalue weighted by Gasteiger charge is 2.08. The second-order valence-electron chi connectivity index (χ2n) is 5.55. The Morgan fingerprint density at radius 2 is 1.95 bits per heavy atom. The molecule has 2 aromatic heterocycles. The number of hydrogen-bond donors (Lipinski definition) is 2. The molecule has 4 nitrogen and oxygen atoms in total. The van der Waals surface area contributed by atoms with Crippen LogP contribution in [-0.2, 0) is 0 Å². The van der Waals surface area contributed by atoms with Gasteiger partial charge in [0.25, 0.3) is 0 Å². The monoisotopic (exact) mass is 301 g/mol. The van der Waals surface area contributed by atoms with Gasteiger partial charge < -0.3 is 14.7 Å². The van der Waals surface area contributed by atoms with Gasteiger partial charge in [0.15, 0.2) is 0 Å². The maximum absolute atomic E-state index is 5.41. The summed E-state index contributed by atoms with van der Waals surface area (Å²) in [6.45, 7) is 3.13. The van der Waals surface area contributed by atoms with Crippen molar-refractivity contribution >= 4 is 6.21 Å². The van der Waals surface area contributed by atoms with Crippen molar-refractivity contribution in [1.82, 2.24) is 9.97 Å². The van der Waals surface area contributed by atoms with Crippen molar-refractivity contribution < 1.29 is 4.74 Å². The summed E-state index contributed by atoms with van der Waals surface area (Å²) in [6, 6.07) is 6.01. The first-order valence-corrected chi connectivity index (χ1v) is 8.25. The zero-order valence-corrected chi connectivity index (χ0v) is 13.7. The molecular formula is C18H27N3O. The van der Waals surface area contributed by atoms with Gasteiger partial charge in [0.2, 0.25) is 0 Å². The van der Waals surface area contributed by atoms with Crippen molar-refractivity contribution in [2.24, 2.45) is 4.99 Å². The predicted molar refractivity (Wildman–Crippen MR) is 93.0 cm³/mol. The second-order valence-corrected chi connectivity index (χ2v) is 5.55. The molecule has 0 aliphatic carbocycles. The van der Waals surface area contributed by atoms with Crippen molar-refractivity contribution in [3.8, 4) is 17.1 Å². The van der Waals surface area contributed by atoms with Crippen molar-refractivity contribution in [3.63, 3.8) is 0 Å². The lowest BCUT2D eigenvalue weighted by Gasteiger charge is -1.98. The summed E-state index contributed by atoms with van der Waals surface area (Å²) in [5, 5.41) is 0. The van der Waals surface area contributed by atoms with Crippen LogP contribution < -0.4 is 4.74 Å². The number of H-pyrrole nitrogens is 2. The van der Waals surface area contributed by atoms with Crippen molar-refractivity contribution in [3.05, 3.63) is 30.1 Å². The van der Waals surface area contributed by atoms with E-state index >= 15 is 0 Å². The fraction of sp³-hybridized carbons (Fsp3) is 0.500. The van der Waals surface area contributed by atoms with E-state index in [4.69, 9.17) is 4.74 Å². The third kappa shape index (κ3) is 4.79. The SMILES string of the molecule is CCCCCCCCN=Cc1[nH]c(-c2ccc[nH]2)cc1OC. The molecule has 4 heteroatoms. The minimum atomic E-state index is 0.830. The van der Waals surface area contributed by atoms with Crippen LogP contribution in [0.4, 0.5) is 0 Å². The summed E-state index contributed by atoms with van der Waals surface area (Å²) in [7, 11) is 1.69. The zero-order chi connectivity index (χ0) is 15.6. The minimum Gasteiger partial charge on any atom is -0.494 e. The van der Waals surface area contributed by atoms with Crippen LogP contribution >= 0.6 is 0 Å². The second kappa shape index (κ2) is 9.13. The molecule has 120 valence electrons. The molecule has 22 heavy (non-hydrogen) atoms. The first-order chi connectivity index (χ1) is 10.8. The third-order valence-corrected chi connectivity index (χ3v) is 3.78. The lowest BCUT2D eigenvalue weighted by atomic mass is 10.1. The maximum Gasteiger partial charge on any atom is 0.146 e. The number of rotatable bonds is 10. The van der Waals surface area contributed by atoms with Gasteiger partial charge in [0.05, 0.1) is 24.2 Å². The predicted octanol–water partition coefficient (Wildman–Crippen LogP) is 4.80. The number of aromatic nitrogens is 2. The van der Waals surface area contributed by atoms with Crippen LogP contribution in [0.25, 0.3) is 11.4 Å². The molecule has 0 unspecified atom stereocenters. The molecule has 0 aliphatic rings. The number of aliphatic imine (C=N–C) groups is 1. The van der Waals surface area contributed by atoms with Crippen LogP contribution in [0.1, 0.15) is 51.1 Å². The average molecular weight is 301 g/mol. The van der Waals surface area contributed by atoms with Gasteiger partial charge in [-0.2, -0.15) is 0 Å². The Kier molecular flexibility index (Phi) is 6.81. The Morgan fingerprint density at radius 1 is 1.14 bits per heavy atom. The number of hydrogen-bond acceptors (Lipinski definition) is 2. The smallest absolute Gasteiger partial charge is 0.146 e. The highest BCUT2D eigenvalue weighted by molar-refractivity contribution is 5.83. The van der Waals surface area contributed by atoms with Gasteiger partial charge in [0, 0.05) is 25.0 Å². The zero-order valence-electron chi connectivity index (χ0n) is 13.7. The summed E-state index contributed by atoms with van der Waals surface area (Å²) in [6.07, 6.45) is 11.6. The highest BCUT2D eigenvalue weighted by Crippen LogP contribution is 2.25. The number of methoxy groups -OCH3 is 1. The summed E-state index contributed by atoms with van der Waals surface area (Å²) in [5.41, 5.74) is 3.00. The van der Waals surface area contributed by atoms with E-state index in [1.54, 1.807) is 7.11 Å². The molecule has 0 aromatic carbocycles. The number of nitrogens with one attached hydrogen (secondary N) is 2. The molecule has 0 saturated heterocycles. The fourth-order valence-electron chi connectivity index (χ4n) is 2.50. The molecule has 0 amide bonds. The van der Waals surface area contributed by atoms with E-state index in [1.165, 1.54) is 32.1 Å². The number of unbranched alkanes of at least 4 members (excludes halogenated alkanes) is 5. The minimum absolute atomic E-state index is 0.830. The van der Waals surface area contributed by atoms with Gasteiger partial charge >= 0.3 is 0 Å². The van der Waals surface area contributed by atoms with Crippen molar-refractivity contribution in [2.45, 2.75) is 45.4 Å². The van der Waals surface area contributed by atoms with E-state index in [0.717, 1.165) is 35.8 Å². The van der Waals surface area contributed by atoms with Gasteiger partial charge in [0.1, 0.15) is 5.75 Å².